The molecule has 0 aromatic heterocycles. The maximum atomic E-state index is 3.98. The van der Waals surface area contributed by atoms with Crippen LogP contribution in [0.25, 0.3) is 10.8 Å². The van der Waals surface area contributed by atoms with Crippen LogP contribution in [0.2, 0.25) is 32.7 Å². The Morgan fingerprint density at radius 3 is 2.06 bits per heavy atom. The van der Waals surface area contributed by atoms with Gasteiger partial charge >= 0.3 is 0 Å². The van der Waals surface area contributed by atoms with Crippen LogP contribution in [-0.2, 0) is 0 Å². The van der Waals surface area contributed by atoms with E-state index in [1.54, 1.807) is 0 Å². The second kappa shape index (κ2) is 4.65. The van der Waals surface area contributed by atoms with E-state index in [1.165, 1.54) is 16.0 Å². The number of hydrogen-bond donors (Lipinski definition) is 1. The zero-order chi connectivity index (χ0) is 13.4. The second-order valence-electron chi connectivity index (χ2n) is 6.53. The highest BCUT2D eigenvalue weighted by atomic mass is 28.4. The molecule has 0 aliphatic carbocycles. The van der Waals surface area contributed by atoms with Gasteiger partial charge in [0.2, 0.25) is 0 Å². The summed E-state index contributed by atoms with van der Waals surface area (Å²) in [5.41, 5.74) is 0. The maximum absolute atomic E-state index is 3.98. The lowest BCUT2D eigenvalue weighted by Gasteiger charge is -2.33. The van der Waals surface area contributed by atoms with Crippen molar-refractivity contribution in [1.29, 1.82) is 0 Å². The van der Waals surface area contributed by atoms with Crippen LogP contribution in [0.4, 0.5) is 0 Å². The molecule has 0 aliphatic rings. The van der Waals surface area contributed by atoms with E-state index in [1.807, 2.05) is 0 Å². The zero-order valence-electron chi connectivity index (χ0n) is 12.0. The van der Waals surface area contributed by atoms with Gasteiger partial charge in [-0.2, -0.15) is 0 Å². The van der Waals surface area contributed by atoms with Crippen molar-refractivity contribution in [3.8, 4) is 0 Å². The van der Waals surface area contributed by atoms with Gasteiger partial charge in [0, 0.05) is 0 Å². The second-order valence-corrected chi connectivity index (χ2v) is 15.8. The molecular formula is C15H23NSi2. The number of fused-ring (bicyclic) bond motifs is 1. The number of benzene rings is 2. The van der Waals surface area contributed by atoms with Crippen molar-refractivity contribution in [3.63, 3.8) is 0 Å². The molecule has 0 saturated heterocycles. The van der Waals surface area contributed by atoms with Crippen molar-refractivity contribution in [2.75, 3.05) is 0 Å². The highest BCUT2D eigenvalue weighted by Gasteiger charge is 2.30. The third-order valence-electron chi connectivity index (χ3n) is 3.15. The van der Waals surface area contributed by atoms with E-state index in [0.717, 1.165) is 0 Å². The van der Waals surface area contributed by atoms with E-state index >= 15 is 0 Å². The zero-order valence-corrected chi connectivity index (χ0v) is 14.0. The topological polar surface area (TPSA) is 12.0 Å². The van der Waals surface area contributed by atoms with E-state index in [-0.39, 0.29) is 0 Å². The highest BCUT2D eigenvalue weighted by Crippen LogP contribution is 2.15. The normalized spacial score (nSPS) is 12.9. The van der Waals surface area contributed by atoms with Gasteiger partial charge in [-0.05, 0) is 16.0 Å². The van der Waals surface area contributed by atoms with Crippen LogP contribution in [0.1, 0.15) is 0 Å². The third-order valence-corrected chi connectivity index (χ3v) is 10.4. The summed E-state index contributed by atoms with van der Waals surface area (Å²) in [5.74, 6) is 0. The lowest BCUT2D eigenvalue weighted by Crippen LogP contribution is -2.64. The molecule has 3 heteroatoms. The summed E-state index contributed by atoms with van der Waals surface area (Å²) in [6, 6.07) is 15.4. The van der Waals surface area contributed by atoms with Gasteiger partial charge in [0.25, 0.3) is 0 Å². The molecule has 0 fully saturated rings. The Morgan fingerprint density at radius 1 is 0.778 bits per heavy atom. The predicted octanol–water partition coefficient (Wildman–Crippen LogP) is 3.68. The molecule has 0 atom stereocenters. The Hall–Kier alpha value is -0.906. The van der Waals surface area contributed by atoms with Gasteiger partial charge in [0.1, 0.15) is 16.5 Å². The molecule has 18 heavy (non-hydrogen) atoms. The number of rotatable bonds is 3. The summed E-state index contributed by atoms with van der Waals surface area (Å²) >= 11 is 0. The highest BCUT2D eigenvalue weighted by molar-refractivity contribution is 6.98. The average molecular weight is 274 g/mol. The molecule has 0 unspecified atom stereocenters. The Balaban J connectivity index is 2.53. The van der Waals surface area contributed by atoms with Gasteiger partial charge in [0.15, 0.2) is 0 Å². The fourth-order valence-corrected chi connectivity index (χ4v) is 12.2. The minimum absolute atomic E-state index is 1.25. The van der Waals surface area contributed by atoms with E-state index in [4.69, 9.17) is 0 Å². The van der Waals surface area contributed by atoms with Gasteiger partial charge in [-0.3, -0.25) is 0 Å². The molecule has 2 aromatic carbocycles. The molecule has 1 N–H and O–H groups in total. The lowest BCUT2D eigenvalue weighted by atomic mass is 10.1. The SMILES string of the molecule is C[Si](C)(C)N[Si](C)(C)c1cccc2ccccc12. The Morgan fingerprint density at radius 2 is 1.39 bits per heavy atom. The van der Waals surface area contributed by atoms with Crippen LogP contribution < -0.4 is 9.83 Å². The van der Waals surface area contributed by atoms with Crippen LogP contribution >= 0.6 is 0 Å². The van der Waals surface area contributed by atoms with Crippen molar-refractivity contribution >= 4 is 32.4 Å². The molecule has 2 rings (SSSR count). The third kappa shape index (κ3) is 2.91. The first-order chi connectivity index (χ1) is 8.30. The van der Waals surface area contributed by atoms with Gasteiger partial charge in [-0.1, -0.05) is 75.2 Å². The van der Waals surface area contributed by atoms with Gasteiger partial charge < -0.3 is 4.65 Å². The van der Waals surface area contributed by atoms with E-state index in [9.17, 15) is 0 Å². The molecule has 0 saturated carbocycles. The largest absolute Gasteiger partial charge is 0.356 e. The Bertz CT molecular complexity index is 550. The smallest absolute Gasteiger partial charge is 0.145 e. The fraction of sp³-hybridized carbons (Fsp3) is 0.333. The average Bonchev–Trinajstić information content (AvgIpc) is 2.25. The van der Waals surface area contributed by atoms with Crippen LogP contribution in [-0.4, -0.2) is 16.5 Å². The monoisotopic (exact) mass is 273 g/mol. The van der Waals surface area contributed by atoms with Crippen LogP contribution in [0, 0.1) is 0 Å². The van der Waals surface area contributed by atoms with Crippen molar-refractivity contribution in [2.24, 2.45) is 0 Å². The van der Waals surface area contributed by atoms with Gasteiger partial charge in [-0.15, -0.1) is 0 Å². The Kier molecular flexibility index (Phi) is 3.49. The molecule has 0 bridgehead atoms. The van der Waals surface area contributed by atoms with Gasteiger partial charge in [0.05, 0.1) is 0 Å². The molecule has 2 aromatic rings. The Labute approximate surface area is 112 Å². The summed E-state index contributed by atoms with van der Waals surface area (Å²) in [4.78, 5) is 0. The minimum Gasteiger partial charge on any atom is -0.356 e. The molecule has 0 radical (unpaired) electrons. The lowest BCUT2D eigenvalue weighted by molar-refractivity contribution is 1.32. The summed E-state index contributed by atoms with van der Waals surface area (Å²) in [6.07, 6.45) is 0. The van der Waals surface area contributed by atoms with Crippen molar-refractivity contribution < 1.29 is 0 Å². The summed E-state index contributed by atoms with van der Waals surface area (Å²) in [7, 11) is -2.82. The standard InChI is InChI=1S/C15H23NSi2/c1-17(2,3)16-18(4,5)15-12-8-10-13-9-6-7-11-14(13)15/h6-12,16H,1-5H3. The molecule has 0 spiro atoms. The molecule has 0 heterocycles. The number of nitrogens with one attached hydrogen (secondary N) is 1. The van der Waals surface area contributed by atoms with Crippen molar-refractivity contribution in [3.05, 3.63) is 42.5 Å². The quantitative estimate of drug-likeness (QED) is 0.841. The minimum atomic E-state index is -1.57. The first-order valence-electron chi connectivity index (χ1n) is 6.57. The maximum Gasteiger partial charge on any atom is 0.145 e. The predicted molar refractivity (Wildman–Crippen MR) is 87.5 cm³/mol. The molecule has 96 valence electrons. The molecule has 1 nitrogen and oxygen atoms in total. The van der Waals surface area contributed by atoms with E-state index < -0.39 is 16.5 Å². The fourth-order valence-electron chi connectivity index (χ4n) is 2.78. The first-order valence-corrected chi connectivity index (χ1v) is 13.1. The summed E-state index contributed by atoms with van der Waals surface area (Å²) in [6.45, 7) is 12.0. The molecular weight excluding hydrogens is 250 g/mol. The summed E-state index contributed by atoms with van der Waals surface area (Å²) in [5, 5.41) is 4.30. The van der Waals surface area contributed by atoms with E-state index in [0.29, 0.717) is 0 Å². The van der Waals surface area contributed by atoms with Crippen LogP contribution in [0.15, 0.2) is 42.5 Å². The van der Waals surface area contributed by atoms with Crippen LogP contribution in [0.3, 0.4) is 0 Å². The van der Waals surface area contributed by atoms with Gasteiger partial charge in [-0.25, -0.2) is 0 Å². The van der Waals surface area contributed by atoms with Crippen molar-refractivity contribution in [2.45, 2.75) is 32.7 Å². The first kappa shape index (κ1) is 13.5. The van der Waals surface area contributed by atoms with Crippen molar-refractivity contribution in [1.82, 2.24) is 4.65 Å². The summed E-state index contributed by atoms with van der Waals surface area (Å²) < 4.78 is 3.98. The molecule has 0 amide bonds. The molecule has 0 aliphatic heterocycles. The van der Waals surface area contributed by atoms with E-state index in [2.05, 4.69) is 79.8 Å². The van der Waals surface area contributed by atoms with Crippen LogP contribution in [0.5, 0.6) is 0 Å². The number of hydrogen-bond acceptors (Lipinski definition) is 1.